The van der Waals surface area contributed by atoms with Gasteiger partial charge in [-0.05, 0) is 50.1 Å². The van der Waals surface area contributed by atoms with E-state index in [1.54, 1.807) is 13.8 Å². The molecule has 2 atom stereocenters. The van der Waals surface area contributed by atoms with E-state index in [-0.39, 0.29) is 23.6 Å². The van der Waals surface area contributed by atoms with Gasteiger partial charge in [0.15, 0.2) is 16.6 Å². The highest BCUT2D eigenvalue weighted by molar-refractivity contribution is 7.86. The Kier molecular flexibility index (Phi) is 14.4. The van der Waals surface area contributed by atoms with Crippen LogP contribution in [0.2, 0.25) is 36.3 Å². The van der Waals surface area contributed by atoms with Crippen LogP contribution in [-0.4, -0.2) is 61.8 Å². The standard InChI is InChI=1S/C10H24O4SSi.C9H22O2Si.CH4/c1-9(14-15(5,11)12)8-13-16(6,7)10(2,3)4;1-8(10)7-11-12(5,6)9(2,3)4;/h9H,8H2,1-7H3;8,10H,7H2,1-6H3;1H4/t9-;8-;/m11./s1. The predicted octanol–water partition coefficient (Wildman–Crippen LogP) is 5.40. The second-order valence-corrected chi connectivity index (χ2v) is 21.8. The summed E-state index contributed by atoms with van der Waals surface area (Å²) in [6.45, 7) is 25.9. The van der Waals surface area contributed by atoms with Gasteiger partial charge in [-0.1, -0.05) is 49.0 Å². The van der Waals surface area contributed by atoms with Crippen molar-refractivity contribution in [2.45, 2.75) is 111 Å². The first-order valence-corrected chi connectivity index (χ1v) is 17.5. The van der Waals surface area contributed by atoms with Crippen LogP contribution in [0.3, 0.4) is 0 Å². The highest BCUT2D eigenvalue weighted by atomic mass is 32.2. The second-order valence-electron chi connectivity index (χ2n) is 10.6. The lowest BCUT2D eigenvalue weighted by Crippen LogP contribution is -2.42. The maximum Gasteiger partial charge on any atom is 0.264 e. The minimum Gasteiger partial charge on any atom is -0.414 e. The van der Waals surface area contributed by atoms with E-state index < -0.39 is 32.9 Å². The van der Waals surface area contributed by atoms with E-state index in [2.05, 4.69) is 67.7 Å². The molecular formula is C20H50O6SSi2. The van der Waals surface area contributed by atoms with Gasteiger partial charge in [-0.2, -0.15) is 8.42 Å². The van der Waals surface area contributed by atoms with Crippen molar-refractivity contribution in [2.24, 2.45) is 0 Å². The number of hydrogen-bond donors (Lipinski definition) is 1. The van der Waals surface area contributed by atoms with Crippen LogP contribution in [0.15, 0.2) is 0 Å². The summed E-state index contributed by atoms with van der Waals surface area (Å²) >= 11 is 0. The van der Waals surface area contributed by atoms with Crippen LogP contribution in [0.4, 0.5) is 0 Å². The van der Waals surface area contributed by atoms with Crippen molar-refractivity contribution in [1.29, 1.82) is 0 Å². The zero-order chi connectivity index (χ0) is 23.2. The van der Waals surface area contributed by atoms with Gasteiger partial charge in [-0.15, -0.1) is 0 Å². The first-order valence-electron chi connectivity index (χ1n) is 9.86. The normalized spacial score (nSPS) is 15.7. The Morgan fingerprint density at radius 3 is 1.38 bits per heavy atom. The lowest BCUT2D eigenvalue weighted by atomic mass is 10.2. The third-order valence-electron chi connectivity index (χ3n) is 5.32. The first-order chi connectivity index (χ1) is 12.0. The molecule has 0 aromatic heterocycles. The maximum atomic E-state index is 10.9. The molecule has 0 radical (unpaired) electrons. The lowest BCUT2D eigenvalue weighted by molar-refractivity contribution is 0.114. The summed E-state index contributed by atoms with van der Waals surface area (Å²) in [6, 6.07) is 0. The van der Waals surface area contributed by atoms with E-state index >= 15 is 0 Å². The monoisotopic (exact) mass is 474 g/mol. The third-order valence-corrected chi connectivity index (χ3v) is 15.0. The Morgan fingerprint density at radius 2 is 1.14 bits per heavy atom. The molecule has 0 aliphatic carbocycles. The molecule has 9 heteroatoms. The van der Waals surface area contributed by atoms with Crippen LogP contribution >= 0.6 is 0 Å². The molecule has 0 heterocycles. The topological polar surface area (TPSA) is 82.1 Å². The Bertz CT molecular complexity index is 546. The van der Waals surface area contributed by atoms with Gasteiger partial charge in [0.25, 0.3) is 10.1 Å². The number of aliphatic hydroxyl groups excluding tert-OH is 1. The lowest BCUT2D eigenvalue weighted by Gasteiger charge is -2.36. The summed E-state index contributed by atoms with van der Waals surface area (Å²) in [5, 5.41) is 9.44. The molecule has 0 aromatic carbocycles. The zero-order valence-electron chi connectivity index (χ0n) is 20.5. The molecule has 0 bridgehead atoms. The molecule has 0 unspecified atom stereocenters. The van der Waals surface area contributed by atoms with E-state index in [1.165, 1.54) is 0 Å². The fourth-order valence-electron chi connectivity index (χ4n) is 1.41. The molecular weight excluding hydrogens is 424 g/mol. The fourth-order valence-corrected chi connectivity index (χ4v) is 4.24. The van der Waals surface area contributed by atoms with Crippen molar-refractivity contribution in [3.05, 3.63) is 0 Å². The van der Waals surface area contributed by atoms with Gasteiger partial charge in [0, 0.05) is 0 Å². The number of aliphatic hydroxyl groups is 1. The van der Waals surface area contributed by atoms with Crippen molar-refractivity contribution in [3.8, 4) is 0 Å². The highest BCUT2D eigenvalue weighted by Crippen LogP contribution is 2.37. The average Bonchev–Trinajstić information content (AvgIpc) is 2.39. The molecule has 0 aliphatic heterocycles. The Labute approximate surface area is 184 Å². The van der Waals surface area contributed by atoms with Crippen molar-refractivity contribution >= 4 is 26.8 Å². The van der Waals surface area contributed by atoms with E-state index in [0.717, 1.165) is 6.26 Å². The fraction of sp³-hybridized carbons (Fsp3) is 1.00. The summed E-state index contributed by atoms with van der Waals surface area (Å²) in [7, 11) is -6.84. The van der Waals surface area contributed by atoms with Crippen LogP contribution in [0.5, 0.6) is 0 Å². The van der Waals surface area contributed by atoms with Crippen LogP contribution in [0.1, 0.15) is 62.8 Å². The molecule has 0 fully saturated rings. The number of rotatable bonds is 8. The van der Waals surface area contributed by atoms with Crippen LogP contribution in [0.25, 0.3) is 0 Å². The smallest absolute Gasteiger partial charge is 0.264 e. The summed E-state index contributed by atoms with van der Waals surface area (Å²) in [4.78, 5) is 0. The molecule has 0 spiro atoms. The van der Waals surface area contributed by atoms with E-state index in [4.69, 9.17) is 18.1 Å². The molecule has 6 nitrogen and oxygen atoms in total. The second kappa shape index (κ2) is 12.3. The summed E-state index contributed by atoms with van der Waals surface area (Å²) in [5.41, 5.74) is 0. The van der Waals surface area contributed by atoms with Crippen LogP contribution in [-0.2, 0) is 23.2 Å². The van der Waals surface area contributed by atoms with Crippen LogP contribution < -0.4 is 0 Å². The SMILES string of the molecule is C.C[C@@H](O)CO[Si](C)(C)C(C)(C)C.C[C@H](CO[Si](C)(C)C(C)(C)C)OS(C)(=O)=O. The van der Waals surface area contributed by atoms with Gasteiger partial charge in [0.1, 0.15) is 0 Å². The Morgan fingerprint density at radius 1 is 0.828 bits per heavy atom. The first kappa shape index (κ1) is 33.9. The predicted molar refractivity (Wildman–Crippen MR) is 130 cm³/mol. The molecule has 0 aliphatic rings. The van der Waals surface area contributed by atoms with E-state index in [1.807, 2.05) is 0 Å². The highest BCUT2D eigenvalue weighted by Gasteiger charge is 2.38. The van der Waals surface area contributed by atoms with Crippen LogP contribution in [0, 0.1) is 0 Å². The Hall–Kier alpha value is 0.224. The van der Waals surface area contributed by atoms with Crippen molar-refractivity contribution in [3.63, 3.8) is 0 Å². The molecule has 0 saturated carbocycles. The van der Waals surface area contributed by atoms with Gasteiger partial charge in [0.05, 0.1) is 31.7 Å². The molecule has 29 heavy (non-hydrogen) atoms. The molecule has 0 aromatic rings. The van der Waals surface area contributed by atoms with Crippen molar-refractivity contribution in [2.75, 3.05) is 19.5 Å². The third kappa shape index (κ3) is 15.6. The van der Waals surface area contributed by atoms with Gasteiger partial charge in [0.2, 0.25) is 0 Å². The molecule has 0 rings (SSSR count). The molecule has 1 N–H and O–H groups in total. The Balaban J connectivity index is -0.000000468. The molecule has 180 valence electrons. The number of hydrogen-bond acceptors (Lipinski definition) is 6. The summed E-state index contributed by atoms with van der Waals surface area (Å²) < 4.78 is 38.2. The quantitative estimate of drug-likeness (QED) is 0.375. The minimum atomic E-state index is -3.39. The molecule has 0 amide bonds. The van der Waals surface area contributed by atoms with Gasteiger partial charge in [-0.3, -0.25) is 4.18 Å². The van der Waals surface area contributed by atoms with Gasteiger partial charge < -0.3 is 14.0 Å². The maximum absolute atomic E-state index is 10.9. The average molecular weight is 475 g/mol. The molecule has 0 saturated heterocycles. The summed E-state index contributed by atoms with van der Waals surface area (Å²) in [6.07, 6.45) is 0.277. The van der Waals surface area contributed by atoms with Gasteiger partial charge in [-0.25, -0.2) is 0 Å². The van der Waals surface area contributed by atoms with E-state index in [9.17, 15) is 8.42 Å². The minimum absolute atomic E-state index is 0. The summed E-state index contributed by atoms with van der Waals surface area (Å²) in [5.74, 6) is 0. The van der Waals surface area contributed by atoms with Crippen molar-refractivity contribution < 1.29 is 26.6 Å². The van der Waals surface area contributed by atoms with Crippen molar-refractivity contribution in [1.82, 2.24) is 0 Å². The van der Waals surface area contributed by atoms with Gasteiger partial charge >= 0.3 is 0 Å². The zero-order valence-corrected chi connectivity index (χ0v) is 23.3. The largest absolute Gasteiger partial charge is 0.414 e. The van der Waals surface area contributed by atoms with E-state index in [0.29, 0.717) is 13.2 Å².